The van der Waals surface area contributed by atoms with Crippen LogP contribution in [0.1, 0.15) is 61.3 Å². The molecule has 1 heterocycles. The number of carbonyl (C=O) groups is 3. The Morgan fingerprint density at radius 2 is 1.52 bits per heavy atom. The van der Waals surface area contributed by atoms with Gasteiger partial charge in [0.25, 0.3) is 0 Å². The Hall–Kier alpha value is -4.97. The number of aliphatic carboxylic acids is 1. The van der Waals surface area contributed by atoms with E-state index < -0.39 is 36.6 Å². The summed E-state index contributed by atoms with van der Waals surface area (Å²) in [4.78, 5) is 38.5. The Bertz CT molecular complexity index is 1590. The summed E-state index contributed by atoms with van der Waals surface area (Å²) in [6.07, 6.45) is 1.84. The second kappa shape index (κ2) is 18.1. The van der Waals surface area contributed by atoms with Crippen LogP contribution in [0.3, 0.4) is 0 Å². The van der Waals surface area contributed by atoms with E-state index in [4.69, 9.17) is 38.3 Å². The molecule has 0 amide bonds. The lowest BCUT2D eigenvalue weighted by molar-refractivity contribution is -0.153. The molecule has 4 atom stereocenters. The zero-order valence-electron chi connectivity index (χ0n) is 29.5. The van der Waals surface area contributed by atoms with Gasteiger partial charge in [-0.2, -0.15) is 0 Å². The summed E-state index contributed by atoms with van der Waals surface area (Å²) in [5.74, 6) is 0.840. The van der Waals surface area contributed by atoms with Gasteiger partial charge in [0.15, 0.2) is 29.6 Å². The van der Waals surface area contributed by atoms with Crippen molar-refractivity contribution in [3.8, 4) is 34.5 Å². The zero-order valence-corrected chi connectivity index (χ0v) is 29.5. The van der Waals surface area contributed by atoms with Crippen molar-refractivity contribution < 1.29 is 52.6 Å². The number of ether oxygens (including phenoxy) is 7. The van der Waals surface area contributed by atoms with E-state index in [0.29, 0.717) is 78.7 Å². The number of hydrogen-bond donors (Lipinski definition) is 2. The monoisotopic (exact) mass is 693 g/mol. The highest BCUT2D eigenvalue weighted by atomic mass is 16.5. The minimum absolute atomic E-state index is 0.0760. The topological polar surface area (TPSA) is 148 Å². The molecule has 3 aromatic rings. The van der Waals surface area contributed by atoms with E-state index in [9.17, 15) is 14.4 Å². The summed E-state index contributed by atoms with van der Waals surface area (Å²) in [6, 6.07) is 15.5. The Kier molecular flexibility index (Phi) is 13.7. The van der Waals surface area contributed by atoms with E-state index in [2.05, 4.69) is 5.32 Å². The fourth-order valence-electron chi connectivity index (χ4n) is 6.29. The van der Waals surface area contributed by atoms with Crippen molar-refractivity contribution in [1.82, 2.24) is 5.32 Å². The number of carbonyl (C=O) groups excluding carboxylic acids is 2. The van der Waals surface area contributed by atoms with Crippen LogP contribution in [-0.2, 0) is 25.5 Å². The van der Waals surface area contributed by atoms with Gasteiger partial charge >= 0.3 is 11.9 Å². The second-order valence-corrected chi connectivity index (χ2v) is 12.0. The lowest BCUT2D eigenvalue weighted by Crippen LogP contribution is -2.47. The molecule has 0 aliphatic carbocycles. The molecule has 50 heavy (non-hydrogen) atoms. The number of methoxy groups -OCH3 is 5. The summed E-state index contributed by atoms with van der Waals surface area (Å²) in [7, 11) is 7.76. The average molecular weight is 694 g/mol. The second-order valence-electron chi connectivity index (χ2n) is 12.0. The summed E-state index contributed by atoms with van der Waals surface area (Å²) in [5, 5.41) is 12.3. The van der Waals surface area contributed by atoms with Gasteiger partial charge in [-0.1, -0.05) is 25.1 Å². The Morgan fingerprint density at radius 3 is 2.10 bits per heavy atom. The van der Waals surface area contributed by atoms with Crippen LogP contribution in [0.5, 0.6) is 34.5 Å². The normalized spacial score (nSPS) is 16.8. The lowest BCUT2D eigenvalue weighted by Gasteiger charge is -2.31. The highest BCUT2D eigenvalue weighted by Gasteiger charge is 2.35. The molecule has 0 radical (unpaired) electrons. The molecule has 4 rings (SSSR count). The van der Waals surface area contributed by atoms with E-state index in [1.807, 2.05) is 43.3 Å². The maximum atomic E-state index is 13.8. The van der Waals surface area contributed by atoms with Crippen molar-refractivity contribution in [2.45, 2.75) is 57.1 Å². The summed E-state index contributed by atoms with van der Waals surface area (Å²) >= 11 is 0. The number of nitrogens with one attached hydrogen (secondary N) is 1. The standard InChI is InChI=1S/C38H47NO11/c1-7-28(26-19-33(46-4)37(48-6)34(20-26)47-5)36(42)25-13-14-29(39-21-25)38(43)50-30(24-9-8-10-27(18-24)49-22-35(40)41)15-11-23-12-16-31(44-2)32(17-23)45-3/h8-10,12,16-20,25,28-30,39H,7,11,13-15,21-22H2,1-6H3,(H,40,41)/t25-,28?,29+,30?/m1/s1. The molecule has 1 saturated heterocycles. The first-order valence-corrected chi connectivity index (χ1v) is 16.6. The van der Waals surface area contributed by atoms with Crippen molar-refractivity contribution in [2.75, 3.05) is 48.7 Å². The van der Waals surface area contributed by atoms with Crippen LogP contribution in [0.25, 0.3) is 0 Å². The number of carboxylic acid groups (broad SMARTS) is 1. The number of carboxylic acids is 1. The fraction of sp³-hybridized carbons (Fsp3) is 0.447. The Labute approximate surface area is 292 Å². The van der Waals surface area contributed by atoms with E-state index in [1.165, 1.54) is 7.11 Å². The third-order valence-electron chi connectivity index (χ3n) is 8.94. The molecule has 2 unspecified atom stereocenters. The molecule has 2 N–H and O–H groups in total. The number of aryl methyl sites for hydroxylation is 1. The molecular formula is C38H47NO11. The first-order valence-electron chi connectivity index (χ1n) is 16.6. The largest absolute Gasteiger partial charge is 0.493 e. The van der Waals surface area contributed by atoms with Gasteiger partial charge in [-0.25, -0.2) is 4.79 Å². The van der Waals surface area contributed by atoms with Gasteiger partial charge in [0.1, 0.15) is 23.7 Å². The molecule has 12 heteroatoms. The van der Waals surface area contributed by atoms with E-state index in [-0.39, 0.29) is 11.7 Å². The molecule has 3 aromatic carbocycles. The molecule has 12 nitrogen and oxygen atoms in total. The maximum Gasteiger partial charge on any atom is 0.341 e. The fourth-order valence-corrected chi connectivity index (χ4v) is 6.29. The molecule has 0 saturated carbocycles. The average Bonchev–Trinajstić information content (AvgIpc) is 3.15. The van der Waals surface area contributed by atoms with Gasteiger partial charge < -0.3 is 43.6 Å². The minimum atomic E-state index is -1.10. The van der Waals surface area contributed by atoms with Crippen molar-refractivity contribution >= 4 is 17.7 Å². The number of benzene rings is 3. The molecule has 1 aliphatic rings. The van der Waals surface area contributed by atoms with E-state index >= 15 is 0 Å². The van der Waals surface area contributed by atoms with E-state index in [0.717, 1.165) is 11.1 Å². The summed E-state index contributed by atoms with van der Waals surface area (Å²) < 4.78 is 38.8. The quantitative estimate of drug-likeness (QED) is 0.161. The molecular weight excluding hydrogens is 646 g/mol. The van der Waals surface area contributed by atoms with Gasteiger partial charge in [-0.3, -0.25) is 9.59 Å². The maximum absolute atomic E-state index is 13.8. The van der Waals surface area contributed by atoms with Crippen molar-refractivity contribution in [2.24, 2.45) is 5.92 Å². The van der Waals surface area contributed by atoms with Crippen LogP contribution >= 0.6 is 0 Å². The summed E-state index contributed by atoms with van der Waals surface area (Å²) in [5.41, 5.74) is 2.40. The van der Waals surface area contributed by atoms with Crippen LogP contribution in [-0.4, -0.2) is 77.6 Å². The van der Waals surface area contributed by atoms with Gasteiger partial charge in [-0.15, -0.1) is 0 Å². The molecule has 0 spiro atoms. The first-order chi connectivity index (χ1) is 24.1. The SMILES string of the molecule is CCC(C(=O)[C@@H]1CC[C@@H](C(=O)OC(CCc2ccc(OC)c(OC)c2)c2cccc(OCC(=O)O)c2)NC1)c1cc(OC)c(OC)c(OC)c1. The molecule has 270 valence electrons. The van der Waals surface area contributed by atoms with Crippen LogP contribution < -0.4 is 33.7 Å². The van der Waals surface area contributed by atoms with Crippen molar-refractivity contribution in [1.29, 1.82) is 0 Å². The number of esters is 1. The molecule has 0 aromatic heterocycles. The number of Topliss-reactive ketones (excluding diaryl/α,β-unsaturated/α-hetero) is 1. The van der Waals surface area contributed by atoms with Gasteiger partial charge in [0.2, 0.25) is 5.75 Å². The lowest BCUT2D eigenvalue weighted by atomic mass is 9.81. The zero-order chi connectivity index (χ0) is 36.2. The van der Waals surface area contributed by atoms with Crippen LogP contribution in [0.2, 0.25) is 0 Å². The third-order valence-corrected chi connectivity index (χ3v) is 8.94. The number of rotatable bonds is 18. The smallest absolute Gasteiger partial charge is 0.341 e. The predicted octanol–water partition coefficient (Wildman–Crippen LogP) is 5.54. The summed E-state index contributed by atoms with van der Waals surface area (Å²) in [6.45, 7) is 1.80. The van der Waals surface area contributed by atoms with Crippen LogP contribution in [0.4, 0.5) is 0 Å². The molecule has 1 fully saturated rings. The third kappa shape index (κ3) is 9.38. The number of piperidine rings is 1. The Morgan fingerprint density at radius 1 is 0.820 bits per heavy atom. The van der Waals surface area contributed by atoms with Crippen LogP contribution in [0, 0.1) is 5.92 Å². The van der Waals surface area contributed by atoms with Gasteiger partial charge in [0.05, 0.1) is 35.5 Å². The van der Waals surface area contributed by atoms with Gasteiger partial charge in [0, 0.05) is 18.4 Å². The van der Waals surface area contributed by atoms with E-state index in [1.54, 1.807) is 46.6 Å². The predicted molar refractivity (Wildman–Crippen MR) is 185 cm³/mol. The van der Waals surface area contributed by atoms with Gasteiger partial charge in [-0.05, 0) is 85.2 Å². The number of ketones is 1. The minimum Gasteiger partial charge on any atom is -0.493 e. The van der Waals surface area contributed by atoms with Crippen molar-refractivity contribution in [3.05, 3.63) is 71.3 Å². The molecule has 0 bridgehead atoms. The highest BCUT2D eigenvalue weighted by molar-refractivity contribution is 5.89. The first kappa shape index (κ1) is 37.8. The van der Waals surface area contributed by atoms with Crippen molar-refractivity contribution in [3.63, 3.8) is 0 Å². The number of hydrogen-bond acceptors (Lipinski definition) is 11. The molecule has 1 aliphatic heterocycles. The Balaban J connectivity index is 1.46. The highest BCUT2D eigenvalue weighted by Crippen LogP contribution is 2.41. The van der Waals surface area contributed by atoms with Crippen LogP contribution in [0.15, 0.2) is 54.6 Å².